The molecule has 5 heteroatoms. The molecule has 1 rings (SSSR count). The summed E-state index contributed by atoms with van der Waals surface area (Å²) >= 11 is 1.59. The molecular formula is C16H27ClN2OS. The number of thioether (sulfide) groups is 1. The highest BCUT2D eigenvalue weighted by molar-refractivity contribution is 8.00. The quantitative estimate of drug-likeness (QED) is 0.753. The van der Waals surface area contributed by atoms with Gasteiger partial charge in [0.05, 0.1) is 11.3 Å². The van der Waals surface area contributed by atoms with Gasteiger partial charge in [0.25, 0.3) is 0 Å². The van der Waals surface area contributed by atoms with Gasteiger partial charge in [-0.25, -0.2) is 0 Å². The van der Waals surface area contributed by atoms with Gasteiger partial charge in [-0.2, -0.15) is 0 Å². The van der Waals surface area contributed by atoms with E-state index in [1.807, 2.05) is 0 Å². The topological polar surface area (TPSA) is 55.1 Å². The Morgan fingerprint density at radius 3 is 2.43 bits per heavy atom. The average Bonchev–Trinajstić information content (AvgIpc) is 2.46. The minimum atomic E-state index is -0.251. The van der Waals surface area contributed by atoms with Crippen molar-refractivity contribution in [3.63, 3.8) is 0 Å². The lowest BCUT2D eigenvalue weighted by Crippen LogP contribution is -2.53. The highest BCUT2D eigenvalue weighted by Gasteiger charge is 2.26. The van der Waals surface area contributed by atoms with Gasteiger partial charge in [0, 0.05) is 11.4 Å². The van der Waals surface area contributed by atoms with Crippen LogP contribution in [0.15, 0.2) is 23.1 Å². The molecule has 0 atom stereocenters. The molecule has 0 radical (unpaired) electrons. The molecule has 0 heterocycles. The molecular weight excluding hydrogens is 304 g/mol. The van der Waals surface area contributed by atoms with Gasteiger partial charge < -0.3 is 11.1 Å². The van der Waals surface area contributed by atoms with Crippen molar-refractivity contribution in [2.24, 2.45) is 5.73 Å². The molecule has 0 aliphatic heterocycles. The third-order valence-electron chi connectivity index (χ3n) is 3.85. The maximum Gasteiger partial charge on any atom is 0.230 e. The van der Waals surface area contributed by atoms with Crippen molar-refractivity contribution in [2.75, 3.05) is 12.3 Å². The van der Waals surface area contributed by atoms with Crippen molar-refractivity contribution in [2.45, 2.75) is 51.0 Å². The molecule has 0 aliphatic rings. The summed E-state index contributed by atoms with van der Waals surface area (Å²) in [7, 11) is 0. The van der Waals surface area contributed by atoms with Crippen LogP contribution in [0.3, 0.4) is 0 Å². The van der Waals surface area contributed by atoms with Crippen molar-refractivity contribution < 1.29 is 4.79 Å². The van der Waals surface area contributed by atoms with E-state index in [0.717, 1.165) is 12.8 Å². The maximum atomic E-state index is 12.1. The minimum Gasteiger partial charge on any atom is -0.349 e. The summed E-state index contributed by atoms with van der Waals surface area (Å²) in [6.45, 7) is 8.75. The van der Waals surface area contributed by atoms with Gasteiger partial charge in [0.15, 0.2) is 0 Å². The Balaban J connectivity index is 0.00000400. The van der Waals surface area contributed by atoms with Crippen LogP contribution >= 0.6 is 24.2 Å². The van der Waals surface area contributed by atoms with E-state index in [4.69, 9.17) is 5.73 Å². The Morgan fingerprint density at radius 1 is 1.29 bits per heavy atom. The lowest BCUT2D eigenvalue weighted by Gasteiger charge is -2.31. The van der Waals surface area contributed by atoms with E-state index in [9.17, 15) is 4.79 Å². The zero-order valence-corrected chi connectivity index (χ0v) is 15.0. The molecule has 0 bridgehead atoms. The van der Waals surface area contributed by atoms with Crippen molar-refractivity contribution in [3.05, 3.63) is 29.3 Å². The number of rotatable bonds is 7. The van der Waals surface area contributed by atoms with E-state index in [-0.39, 0.29) is 23.9 Å². The van der Waals surface area contributed by atoms with Crippen LogP contribution in [-0.2, 0) is 4.79 Å². The van der Waals surface area contributed by atoms with Gasteiger partial charge in [-0.05, 0) is 38.3 Å². The normalized spacial score (nSPS) is 10.9. The number of carbonyl (C=O) groups is 1. The van der Waals surface area contributed by atoms with E-state index < -0.39 is 0 Å². The molecule has 3 N–H and O–H groups in total. The van der Waals surface area contributed by atoms with Gasteiger partial charge in [-0.1, -0.05) is 31.5 Å². The molecule has 0 spiro atoms. The summed E-state index contributed by atoms with van der Waals surface area (Å²) in [5.74, 6) is 0.497. The van der Waals surface area contributed by atoms with Crippen LogP contribution in [0.1, 0.15) is 37.8 Å². The number of hydrogen-bond donors (Lipinski definition) is 2. The minimum absolute atomic E-state index is 0. The number of aryl methyl sites for hydroxylation is 2. The summed E-state index contributed by atoms with van der Waals surface area (Å²) in [4.78, 5) is 13.3. The predicted octanol–water partition coefficient (Wildman–Crippen LogP) is 3.45. The molecule has 1 aromatic carbocycles. The van der Waals surface area contributed by atoms with Crippen LogP contribution in [-0.4, -0.2) is 23.7 Å². The van der Waals surface area contributed by atoms with E-state index >= 15 is 0 Å². The maximum absolute atomic E-state index is 12.1. The largest absolute Gasteiger partial charge is 0.349 e. The third-order valence-corrected chi connectivity index (χ3v) is 5.01. The molecule has 0 aliphatic carbocycles. The number of benzene rings is 1. The van der Waals surface area contributed by atoms with Crippen LogP contribution < -0.4 is 11.1 Å². The Morgan fingerprint density at radius 2 is 1.90 bits per heavy atom. The SMILES string of the molecule is CCC(CC)(CN)NC(=O)CSc1cc(C)ccc1C.Cl. The number of nitrogens with one attached hydrogen (secondary N) is 1. The Kier molecular flexibility index (Phi) is 9.02. The molecule has 0 unspecified atom stereocenters. The smallest absolute Gasteiger partial charge is 0.230 e. The summed E-state index contributed by atoms with van der Waals surface area (Å²) in [5.41, 5.74) is 7.99. The standard InChI is InChI=1S/C16H26N2OS.ClH/c1-5-16(6-2,11-17)18-15(19)10-20-14-9-12(3)7-8-13(14)4;/h7-9H,5-6,10-11,17H2,1-4H3,(H,18,19);1H. The van der Waals surface area contributed by atoms with Crippen LogP contribution in [0.2, 0.25) is 0 Å². The molecule has 120 valence electrons. The number of amides is 1. The van der Waals surface area contributed by atoms with E-state index in [1.54, 1.807) is 11.8 Å². The summed E-state index contributed by atoms with van der Waals surface area (Å²) in [6.07, 6.45) is 1.72. The Bertz CT molecular complexity index is 453. The van der Waals surface area contributed by atoms with Crippen LogP contribution in [0, 0.1) is 13.8 Å². The summed E-state index contributed by atoms with van der Waals surface area (Å²) in [5, 5.41) is 3.10. The Hall–Kier alpha value is -0.710. The second kappa shape index (κ2) is 9.34. The average molecular weight is 331 g/mol. The summed E-state index contributed by atoms with van der Waals surface area (Å²) < 4.78 is 0. The molecule has 1 aromatic rings. The molecule has 0 saturated heterocycles. The first-order valence-corrected chi connectivity index (χ1v) is 8.16. The molecule has 1 amide bonds. The highest BCUT2D eigenvalue weighted by Crippen LogP contribution is 2.23. The molecule has 0 aromatic heterocycles. The molecule has 3 nitrogen and oxygen atoms in total. The second-order valence-corrected chi connectivity index (χ2v) is 6.31. The monoisotopic (exact) mass is 330 g/mol. The molecule has 0 fully saturated rings. The highest BCUT2D eigenvalue weighted by atomic mass is 35.5. The zero-order chi connectivity index (χ0) is 15.2. The first-order valence-electron chi connectivity index (χ1n) is 7.17. The van der Waals surface area contributed by atoms with Gasteiger partial charge in [0.2, 0.25) is 5.91 Å². The fourth-order valence-electron chi connectivity index (χ4n) is 2.10. The number of halogens is 1. The molecule has 0 saturated carbocycles. The first kappa shape index (κ1) is 20.3. The van der Waals surface area contributed by atoms with Crippen LogP contribution in [0.25, 0.3) is 0 Å². The Labute approximate surface area is 138 Å². The van der Waals surface area contributed by atoms with E-state index in [2.05, 4.69) is 51.2 Å². The van der Waals surface area contributed by atoms with Crippen molar-refractivity contribution in [1.82, 2.24) is 5.32 Å². The fourth-order valence-corrected chi connectivity index (χ4v) is 3.03. The number of nitrogens with two attached hydrogens (primary N) is 1. The van der Waals surface area contributed by atoms with Gasteiger partial charge in [-0.15, -0.1) is 24.2 Å². The second-order valence-electron chi connectivity index (χ2n) is 5.30. The number of hydrogen-bond acceptors (Lipinski definition) is 3. The zero-order valence-electron chi connectivity index (χ0n) is 13.4. The fraction of sp³-hybridized carbons (Fsp3) is 0.562. The van der Waals surface area contributed by atoms with E-state index in [0.29, 0.717) is 12.3 Å². The van der Waals surface area contributed by atoms with Crippen molar-refractivity contribution in [1.29, 1.82) is 0 Å². The lowest BCUT2D eigenvalue weighted by molar-refractivity contribution is -0.120. The van der Waals surface area contributed by atoms with Gasteiger partial charge >= 0.3 is 0 Å². The van der Waals surface area contributed by atoms with Crippen LogP contribution in [0.5, 0.6) is 0 Å². The van der Waals surface area contributed by atoms with Crippen LogP contribution in [0.4, 0.5) is 0 Å². The molecule has 21 heavy (non-hydrogen) atoms. The predicted molar refractivity (Wildman–Crippen MR) is 94.4 cm³/mol. The summed E-state index contributed by atoms with van der Waals surface area (Å²) in [6, 6.07) is 6.31. The first-order chi connectivity index (χ1) is 9.46. The third kappa shape index (κ3) is 5.89. The number of carbonyl (C=O) groups excluding carboxylic acids is 1. The van der Waals surface area contributed by atoms with Crippen molar-refractivity contribution in [3.8, 4) is 0 Å². The van der Waals surface area contributed by atoms with Gasteiger partial charge in [0.1, 0.15) is 0 Å². The van der Waals surface area contributed by atoms with E-state index in [1.165, 1.54) is 16.0 Å². The van der Waals surface area contributed by atoms with Crippen molar-refractivity contribution >= 4 is 30.1 Å². The van der Waals surface area contributed by atoms with Gasteiger partial charge in [-0.3, -0.25) is 4.79 Å². The lowest BCUT2D eigenvalue weighted by atomic mass is 9.93.